The number of nitro groups is 1. The lowest BCUT2D eigenvalue weighted by atomic mass is 10.1. The smallest absolute Gasteiger partial charge is 0.269 e. The second kappa shape index (κ2) is 5.73. The predicted molar refractivity (Wildman–Crippen MR) is 79.8 cm³/mol. The Kier molecular flexibility index (Phi) is 3.80. The number of likely N-dealkylation sites (tertiary alicyclic amines) is 1. The average molecular weight is 288 g/mol. The molecule has 5 heteroatoms. The Morgan fingerprint density at radius 3 is 2.75 bits per heavy atom. The van der Waals surface area contributed by atoms with Crippen LogP contribution in [0.4, 0.5) is 5.69 Å². The van der Waals surface area contributed by atoms with Gasteiger partial charge in [-0.15, -0.1) is 11.3 Å². The molecule has 0 spiro atoms. The van der Waals surface area contributed by atoms with Gasteiger partial charge in [0.2, 0.25) is 0 Å². The minimum atomic E-state index is -0.353. The summed E-state index contributed by atoms with van der Waals surface area (Å²) in [5.74, 6) is 0. The molecule has 0 radical (unpaired) electrons. The minimum Gasteiger partial charge on any atom is -0.291 e. The molecule has 3 rings (SSSR count). The first kappa shape index (κ1) is 13.3. The topological polar surface area (TPSA) is 46.4 Å². The Bertz CT molecular complexity index is 580. The van der Waals surface area contributed by atoms with E-state index in [2.05, 4.69) is 22.4 Å². The molecule has 2 aromatic rings. The summed E-state index contributed by atoms with van der Waals surface area (Å²) in [6.45, 7) is 1.96. The normalized spacial score (nSPS) is 19.3. The van der Waals surface area contributed by atoms with E-state index < -0.39 is 0 Å². The maximum absolute atomic E-state index is 10.7. The monoisotopic (exact) mass is 288 g/mol. The SMILES string of the molecule is O=[N+]([O-])c1ccc(CN2CCCC2c2cccs2)cc1. The molecule has 1 saturated heterocycles. The first-order valence-corrected chi connectivity index (χ1v) is 7.63. The maximum Gasteiger partial charge on any atom is 0.269 e. The molecule has 1 aromatic carbocycles. The molecule has 0 bridgehead atoms. The van der Waals surface area contributed by atoms with Crippen LogP contribution >= 0.6 is 11.3 Å². The summed E-state index contributed by atoms with van der Waals surface area (Å²) < 4.78 is 0. The molecule has 1 atom stereocenters. The van der Waals surface area contributed by atoms with Crippen LogP contribution in [0.15, 0.2) is 41.8 Å². The molecule has 20 heavy (non-hydrogen) atoms. The summed E-state index contributed by atoms with van der Waals surface area (Å²) in [7, 11) is 0. The molecule has 0 N–H and O–H groups in total. The van der Waals surface area contributed by atoms with Gasteiger partial charge in [-0.3, -0.25) is 15.0 Å². The van der Waals surface area contributed by atoms with Gasteiger partial charge in [0.25, 0.3) is 5.69 Å². The van der Waals surface area contributed by atoms with E-state index in [4.69, 9.17) is 0 Å². The molecule has 1 aliphatic heterocycles. The predicted octanol–water partition coefficient (Wildman–Crippen LogP) is 3.99. The van der Waals surface area contributed by atoms with E-state index in [1.54, 1.807) is 12.1 Å². The molecule has 1 aliphatic rings. The standard InChI is InChI=1S/C15H16N2O2S/c18-17(19)13-7-5-12(6-8-13)11-16-9-1-3-14(16)15-4-2-10-20-15/h2,4-8,10,14H,1,3,9,11H2. The summed E-state index contributed by atoms with van der Waals surface area (Å²) in [6, 6.07) is 11.7. The van der Waals surface area contributed by atoms with Gasteiger partial charge in [0.1, 0.15) is 0 Å². The maximum atomic E-state index is 10.7. The number of non-ortho nitro benzene ring substituents is 1. The third-order valence-electron chi connectivity index (χ3n) is 3.77. The van der Waals surface area contributed by atoms with Gasteiger partial charge in [0.05, 0.1) is 4.92 Å². The van der Waals surface area contributed by atoms with Gasteiger partial charge in [-0.05, 0) is 36.4 Å². The van der Waals surface area contributed by atoms with E-state index >= 15 is 0 Å². The molecular weight excluding hydrogens is 272 g/mol. The third kappa shape index (κ3) is 2.73. The van der Waals surface area contributed by atoms with E-state index in [0.717, 1.165) is 18.7 Å². The summed E-state index contributed by atoms with van der Waals surface area (Å²) in [6.07, 6.45) is 2.42. The Balaban J connectivity index is 1.72. The second-order valence-electron chi connectivity index (χ2n) is 5.07. The van der Waals surface area contributed by atoms with Gasteiger partial charge in [-0.25, -0.2) is 0 Å². The highest BCUT2D eigenvalue weighted by Gasteiger charge is 2.26. The average Bonchev–Trinajstić information content (AvgIpc) is 3.09. The molecule has 4 nitrogen and oxygen atoms in total. The Hall–Kier alpha value is -1.72. The first-order valence-electron chi connectivity index (χ1n) is 6.75. The number of thiophene rings is 1. The number of benzene rings is 1. The zero-order valence-electron chi connectivity index (χ0n) is 11.1. The number of nitrogens with zero attached hydrogens (tertiary/aromatic N) is 2. The van der Waals surface area contributed by atoms with Crippen LogP contribution in [0.3, 0.4) is 0 Å². The molecule has 0 saturated carbocycles. The lowest BCUT2D eigenvalue weighted by Crippen LogP contribution is -2.22. The van der Waals surface area contributed by atoms with Gasteiger partial charge in [0.15, 0.2) is 0 Å². The van der Waals surface area contributed by atoms with Crippen molar-refractivity contribution in [2.45, 2.75) is 25.4 Å². The van der Waals surface area contributed by atoms with Gasteiger partial charge in [-0.1, -0.05) is 18.2 Å². The van der Waals surface area contributed by atoms with Crippen LogP contribution in [0.2, 0.25) is 0 Å². The third-order valence-corrected chi connectivity index (χ3v) is 4.74. The van der Waals surface area contributed by atoms with Crippen LogP contribution in [0.5, 0.6) is 0 Å². The fourth-order valence-electron chi connectivity index (χ4n) is 2.78. The molecule has 1 aromatic heterocycles. The quantitative estimate of drug-likeness (QED) is 0.631. The van der Waals surface area contributed by atoms with Crippen LogP contribution < -0.4 is 0 Å². The van der Waals surface area contributed by atoms with Crippen molar-refractivity contribution in [3.05, 3.63) is 62.3 Å². The summed E-state index contributed by atoms with van der Waals surface area (Å²) >= 11 is 1.81. The number of rotatable bonds is 4. The van der Waals surface area contributed by atoms with Crippen LogP contribution in [0, 0.1) is 10.1 Å². The number of nitro benzene ring substituents is 1. The molecule has 0 aliphatic carbocycles. The molecule has 104 valence electrons. The number of hydrogen-bond acceptors (Lipinski definition) is 4. The second-order valence-corrected chi connectivity index (χ2v) is 6.05. The van der Waals surface area contributed by atoms with Gasteiger partial charge in [-0.2, -0.15) is 0 Å². The molecule has 0 amide bonds. The highest BCUT2D eigenvalue weighted by atomic mass is 32.1. The van der Waals surface area contributed by atoms with Crippen molar-refractivity contribution in [3.63, 3.8) is 0 Å². The Morgan fingerprint density at radius 1 is 1.30 bits per heavy atom. The van der Waals surface area contributed by atoms with Crippen molar-refractivity contribution in [1.82, 2.24) is 4.90 Å². The first-order chi connectivity index (χ1) is 9.74. The summed E-state index contributed by atoms with van der Waals surface area (Å²) in [4.78, 5) is 14.2. The van der Waals surface area contributed by atoms with Crippen molar-refractivity contribution in [3.8, 4) is 0 Å². The lowest BCUT2D eigenvalue weighted by molar-refractivity contribution is -0.384. The van der Waals surface area contributed by atoms with Crippen LogP contribution in [-0.2, 0) is 6.54 Å². The molecule has 2 heterocycles. The summed E-state index contributed by atoms with van der Waals surface area (Å²) in [5.41, 5.74) is 1.30. The van der Waals surface area contributed by atoms with Crippen molar-refractivity contribution in [1.29, 1.82) is 0 Å². The summed E-state index contributed by atoms with van der Waals surface area (Å²) in [5, 5.41) is 12.8. The van der Waals surface area contributed by atoms with E-state index in [1.807, 2.05) is 23.5 Å². The fourth-order valence-corrected chi connectivity index (χ4v) is 3.67. The highest BCUT2D eigenvalue weighted by molar-refractivity contribution is 7.10. The number of hydrogen-bond donors (Lipinski definition) is 0. The van der Waals surface area contributed by atoms with Gasteiger partial charge >= 0.3 is 0 Å². The van der Waals surface area contributed by atoms with E-state index in [1.165, 1.54) is 17.7 Å². The van der Waals surface area contributed by atoms with Crippen LogP contribution in [0.25, 0.3) is 0 Å². The molecule has 1 fully saturated rings. The Labute approximate surface area is 121 Å². The lowest BCUT2D eigenvalue weighted by Gasteiger charge is -2.23. The van der Waals surface area contributed by atoms with Gasteiger partial charge < -0.3 is 0 Å². The molecule has 1 unspecified atom stereocenters. The zero-order chi connectivity index (χ0) is 13.9. The highest BCUT2D eigenvalue weighted by Crippen LogP contribution is 2.35. The van der Waals surface area contributed by atoms with Crippen molar-refractivity contribution in [2.75, 3.05) is 6.54 Å². The van der Waals surface area contributed by atoms with Crippen LogP contribution in [0.1, 0.15) is 29.3 Å². The molecular formula is C15H16N2O2S. The van der Waals surface area contributed by atoms with E-state index in [0.29, 0.717) is 6.04 Å². The van der Waals surface area contributed by atoms with Crippen LogP contribution in [-0.4, -0.2) is 16.4 Å². The minimum absolute atomic E-state index is 0.157. The van der Waals surface area contributed by atoms with Crippen molar-refractivity contribution in [2.24, 2.45) is 0 Å². The van der Waals surface area contributed by atoms with Gasteiger partial charge in [0, 0.05) is 29.6 Å². The van der Waals surface area contributed by atoms with E-state index in [-0.39, 0.29) is 10.6 Å². The zero-order valence-corrected chi connectivity index (χ0v) is 11.9. The fraction of sp³-hybridized carbons (Fsp3) is 0.333. The Morgan fingerprint density at radius 2 is 2.10 bits per heavy atom. The van der Waals surface area contributed by atoms with Crippen molar-refractivity contribution >= 4 is 17.0 Å². The van der Waals surface area contributed by atoms with E-state index in [9.17, 15) is 10.1 Å². The largest absolute Gasteiger partial charge is 0.291 e. The van der Waals surface area contributed by atoms with Crippen molar-refractivity contribution < 1.29 is 4.92 Å².